The van der Waals surface area contributed by atoms with Crippen LogP contribution in [0, 0.1) is 11.7 Å². The number of benzene rings is 1. The number of carbonyl (C=O) groups excluding carboxylic acids is 2. The first-order chi connectivity index (χ1) is 13.5. The van der Waals surface area contributed by atoms with Crippen LogP contribution in [0.1, 0.15) is 60.9 Å². The number of likely N-dealkylation sites (N-methyl/N-ethyl adjacent to an activating group) is 1. The summed E-state index contributed by atoms with van der Waals surface area (Å²) < 4.78 is 19.2. The normalized spacial score (nSPS) is 27.5. The maximum atomic E-state index is 13.5. The molecule has 0 N–H and O–H groups in total. The van der Waals surface area contributed by atoms with Gasteiger partial charge in [0.15, 0.2) is 0 Å². The van der Waals surface area contributed by atoms with E-state index in [1.54, 1.807) is 6.07 Å². The molecule has 1 aliphatic carbocycles. The molecule has 0 unspecified atom stereocenters. The van der Waals surface area contributed by atoms with Gasteiger partial charge in [0.1, 0.15) is 11.4 Å². The number of halogens is 1. The average molecular weight is 388 g/mol. The minimum atomic E-state index is -0.677. The van der Waals surface area contributed by atoms with Crippen molar-refractivity contribution >= 4 is 11.9 Å². The number of rotatable bonds is 4. The van der Waals surface area contributed by atoms with Crippen molar-refractivity contribution in [3.05, 3.63) is 35.1 Å². The fraction of sp³-hybridized carbons (Fsp3) is 0.636. The monoisotopic (exact) mass is 388 g/mol. The highest BCUT2D eigenvalue weighted by Crippen LogP contribution is 2.48. The first-order valence-electron chi connectivity index (χ1n) is 10.5. The second kappa shape index (κ2) is 7.82. The molecule has 6 heteroatoms. The summed E-state index contributed by atoms with van der Waals surface area (Å²) >= 11 is 0. The molecule has 28 heavy (non-hydrogen) atoms. The Labute approximate surface area is 165 Å². The summed E-state index contributed by atoms with van der Waals surface area (Å²) in [5, 5.41) is 0. The number of ether oxygens (including phenoxy) is 1. The van der Waals surface area contributed by atoms with Gasteiger partial charge in [-0.25, -0.2) is 9.18 Å². The molecule has 1 aromatic carbocycles. The van der Waals surface area contributed by atoms with E-state index >= 15 is 0 Å². The predicted molar refractivity (Wildman–Crippen MR) is 103 cm³/mol. The Morgan fingerprint density at radius 2 is 1.96 bits per heavy atom. The van der Waals surface area contributed by atoms with Crippen molar-refractivity contribution < 1.29 is 18.7 Å². The van der Waals surface area contributed by atoms with Gasteiger partial charge in [-0.15, -0.1) is 0 Å². The van der Waals surface area contributed by atoms with E-state index in [1.807, 2.05) is 11.9 Å². The lowest BCUT2D eigenvalue weighted by molar-refractivity contribution is -0.137. The van der Waals surface area contributed by atoms with Crippen molar-refractivity contribution in [1.29, 1.82) is 0 Å². The predicted octanol–water partition coefficient (Wildman–Crippen LogP) is 3.33. The zero-order valence-corrected chi connectivity index (χ0v) is 16.6. The average Bonchev–Trinajstić information content (AvgIpc) is 2.97. The van der Waals surface area contributed by atoms with Crippen molar-refractivity contribution in [1.82, 2.24) is 9.80 Å². The van der Waals surface area contributed by atoms with E-state index in [1.165, 1.54) is 31.4 Å². The van der Waals surface area contributed by atoms with Gasteiger partial charge in [-0.3, -0.25) is 4.79 Å². The summed E-state index contributed by atoms with van der Waals surface area (Å²) in [6.45, 7) is 3.98. The molecule has 4 rings (SSSR count). The lowest BCUT2D eigenvalue weighted by Crippen LogP contribution is -2.43. The SMILES string of the molecule is CN(CCN1CCCCC1)C(=O)C1CCC2(CC1)OC(=O)c1cc(F)ccc12. The molecule has 1 saturated heterocycles. The molecule has 0 radical (unpaired) electrons. The molecule has 0 bridgehead atoms. The fourth-order valence-corrected chi connectivity index (χ4v) is 4.97. The van der Waals surface area contributed by atoms with E-state index in [4.69, 9.17) is 4.74 Å². The molecule has 1 spiro atoms. The van der Waals surface area contributed by atoms with Gasteiger partial charge >= 0.3 is 5.97 Å². The van der Waals surface area contributed by atoms with E-state index in [-0.39, 0.29) is 11.8 Å². The number of hydrogen-bond donors (Lipinski definition) is 0. The van der Waals surface area contributed by atoms with E-state index in [2.05, 4.69) is 4.90 Å². The standard InChI is InChI=1S/C22H29FN2O3/c1-24(13-14-25-11-3-2-4-12-25)20(26)16-7-9-22(10-8-16)19-6-5-17(23)15-18(19)21(27)28-22/h5-6,15-16H,2-4,7-14H2,1H3. The minimum absolute atomic E-state index is 0.0276. The molecular weight excluding hydrogens is 359 g/mol. The summed E-state index contributed by atoms with van der Waals surface area (Å²) in [6, 6.07) is 4.31. The van der Waals surface area contributed by atoms with Crippen LogP contribution in [-0.4, -0.2) is 54.9 Å². The lowest BCUT2D eigenvalue weighted by Gasteiger charge is -2.37. The Morgan fingerprint density at radius 3 is 2.68 bits per heavy atom. The minimum Gasteiger partial charge on any atom is -0.451 e. The first kappa shape index (κ1) is 19.4. The molecule has 0 atom stereocenters. The van der Waals surface area contributed by atoms with Gasteiger partial charge < -0.3 is 14.5 Å². The zero-order valence-electron chi connectivity index (χ0n) is 16.6. The molecule has 2 heterocycles. The van der Waals surface area contributed by atoms with Crippen LogP contribution in [0.25, 0.3) is 0 Å². The third-order valence-electron chi connectivity index (χ3n) is 6.70. The maximum absolute atomic E-state index is 13.5. The van der Waals surface area contributed by atoms with Gasteiger partial charge in [0, 0.05) is 31.6 Å². The molecule has 1 saturated carbocycles. The third kappa shape index (κ3) is 3.66. The highest BCUT2D eigenvalue weighted by molar-refractivity contribution is 5.94. The number of hydrogen-bond acceptors (Lipinski definition) is 4. The molecule has 2 fully saturated rings. The maximum Gasteiger partial charge on any atom is 0.339 e. The molecule has 2 aliphatic heterocycles. The number of carbonyl (C=O) groups is 2. The highest BCUT2D eigenvalue weighted by atomic mass is 19.1. The van der Waals surface area contributed by atoms with Gasteiger partial charge in [0.05, 0.1) is 5.56 Å². The molecule has 0 aromatic heterocycles. The van der Waals surface area contributed by atoms with E-state index in [0.717, 1.165) is 31.7 Å². The number of nitrogens with zero attached hydrogens (tertiary/aromatic N) is 2. The number of esters is 1. The fourth-order valence-electron chi connectivity index (χ4n) is 4.97. The van der Waals surface area contributed by atoms with Crippen LogP contribution in [0.4, 0.5) is 4.39 Å². The van der Waals surface area contributed by atoms with Crippen molar-refractivity contribution in [2.75, 3.05) is 33.2 Å². The quantitative estimate of drug-likeness (QED) is 0.743. The molecule has 1 amide bonds. The summed E-state index contributed by atoms with van der Waals surface area (Å²) in [5.74, 6) is -0.708. The Morgan fingerprint density at radius 1 is 1.25 bits per heavy atom. The first-order valence-corrected chi connectivity index (χ1v) is 10.5. The number of likely N-dealkylation sites (tertiary alicyclic amines) is 1. The van der Waals surface area contributed by atoms with E-state index in [0.29, 0.717) is 31.2 Å². The second-order valence-electron chi connectivity index (χ2n) is 8.51. The van der Waals surface area contributed by atoms with Gasteiger partial charge in [-0.1, -0.05) is 12.5 Å². The largest absolute Gasteiger partial charge is 0.451 e. The van der Waals surface area contributed by atoms with Crippen molar-refractivity contribution in [3.8, 4) is 0 Å². The Balaban J connectivity index is 1.34. The van der Waals surface area contributed by atoms with Gasteiger partial charge in [0.25, 0.3) is 0 Å². The summed E-state index contributed by atoms with van der Waals surface area (Å²) in [5.41, 5.74) is 0.440. The third-order valence-corrected chi connectivity index (χ3v) is 6.70. The smallest absolute Gasteiger partial charge is 0.339 e. The van der Waals surface area contributed by atoms with Crippen LogP contribution in [0.5, 0.6) is 0 Å². The van der Waals surface area contributed by atoms with Gasteiger partial charge in [-0.05, 0) is 63.7 Å². The van der Waals surface area contributed by atoms with E-state index < -0.39 is 17.4 Å². The van der Waals surface area contributed by atoms with Crippen molar-refractivity contribution in [2.24, 2.45) is 5.92 Å². The van der Waals surface area contributed by atoms with E-state index in [9.17, 15) is 14.0 Å². The lowest BCUT2D eigenvalue weighted by atomic mass is 9.74. The Hall–Kier alpha value is -1.95. The van der Waals surface area contributed by atoms with Gasteiger partial charge in [0.2, 0.25) is 5.91 Å². The topological polar surface area (TPSA) is 49.9 Å². The van der Waals surface area contributed by atoms with Crippen LogP contribution in [0.2, 0.25) is 0 Å². The Bertz CT molecular complexity index is 752. The summed E-state index contributed by atoms with van der Waals surface area (Å²) in [7, 11) is 1.89. The molecule has 152 valence electrons. The second-order valence-corrected chi connectivity index (χ2v) is 8.51. The molecule has 3 aliphatic rings. The number of fused-ring (bicyclic) bond motifs is 2. The van der Waals surface area contributed by atoms with Crippen LogP contribution in [-0.2, 0) is 15.1 Å². The molecular formula is C22H29FN2O3. The number of piperidine rings is 1. The zero-order chi connectivity index (χ0) is 19.7. The van der Waals surface area contributed by atoms with Crippen molar-refractivity contribution in [2.45, 2.75) is 50.5 Å². The molecule has 1 aromatic rings. The van der Waals surface area contributed by atoms with Crippen LogP contribution < -0.4 is 0 Å². The highest BCUT2D eigenvalue weighted by Gasteiger charge is 2.48. The number of amides is 1. The summed E-state index contributed by atoms with van der Waals surface area (Å²) in [4.78, 5) is 29.4. The van der Waals surface area contributed by atoms with Crippen LogP contribution >= 0.6 is 0 Å². The summed E-state index contributed by atoms with van der Waals surface area (Å²) in [6.07, 6.45) is 6.45. The molecule has 5 nitrogen and oxygen atoms in total. The Kier molecular flexibility index (Phi) is 5.41. The van der Waals surface area contributed by atoms with Crippen molar-refractivity contribution in [3.63, 3.8) is 0 Å². The van der Waals surface area contributed by atoms with Crippen LogP contribution in [0.15, 0.2) is 18.2 Å². The van der Waals surface area contributed by atoms with Gasteiger partial charge in [-0.2, -0.15) is 0 Å². The van der Waals surface area contributed by atoms with Crippen LogP contribution in [0.3, 0.4) is 0 Å².